The maximum atomic E-state index is 12.0. The molecule has 0 spiro atoms. The molecule has 0 saturated carbocycles. The molecule has 5 atom stereocenters. The molecule has 1 N–H and O–H groups in total. The van der Waals surface area contributed by atoms with Gasteiger partial charge in [0.05, 0.1) is 6.61 Å². The second-order valence-electron chi connectivity index (χ2n) is 8.13. The first-order chi connectivity index (χ1) is 11.8. The third kappa shape index (κ3) is 5.26. The van der Waals surface area contributed by atoms with E-state index in [4.69, 9.17) is 53.4 Å². The number of ether oxygens (including phenoxy) is 3. The molecule has 2 saturated heterocycles. The average Bonchev–Trinajstić information content (AvgIpc) is 3.26. The van der Waals surface area contributed by atoms with Crippen molar-refractivity contribution in [1.82, 2.24) is 5.32 Å². The number of epoxide rings is 1. The summed E-state index contributed by atoms with van der Waals surface area (Å²) in [5.74, 6) is -0.731. The number of nitrogens with one attached hydrogen (secondary N) is 1. The van der Waals surface area contributed by atoms with Crippen LogP contribution < -0.4 is 5.32 Å². The number of hydrogen-bond acceptors (Lipinski definition) is 5. The molecule has 10 heteroatoms. The van der Waals surface area contributed by atoms with Crippen molar-refractivity contribution in [3.8, 4) is 0 Å². The largest absolute Gasteiger partial charge is 0.414 e. The van der Waals surface area contributed by atoms with Crippen molar-refractivity contribution in [3.63, 3.8) is 0 Å². The minimum Gasteiger partial charge on any atom is -0.414 e. The van der Waals surface area contributed by atoms with Crippen LogP contribution >= 0.6 is 34.8 Å². The van der Waals surface area contributed by atoms with Crippen molar-refractivity contribution in [2.24, 2.45) is 0 Å². The summed E-state index contributed by atoms with van der Waals surface area (Å²) < 4.78 is 21.6. The van der Waals surface area contributed by atoms with E-state index >= 15 is 0 Å². The third-order valence-corrected chi connectivity index (χ3v) is 10.2. The Morgan fingerprint density at radius 2 is 1.77 bits per heavy atom. The highest BCUT2D eigenvalue weighted by Crippen LogP contribution is 2.41. The molecule has 6 nitrogen and oxygen atoms in total. The molecule has 2 aliphatic heterocycles. The molecular weight excluding hydrogens is 421 g/mol. The van der Waals surface area contributed by atoms with Crippen LogP contribution in [0.25, 0.3) is 0 Å². The number of fused-ring (bicyclic) bond motifs is 1. The van der Waals surface area contributed by atoms with E-state index in [0.717, 1.165) is 0 Å². The molecule has 0 bridgehead atoms. The number of hydrogen-bond donors (Lipinski definition) is 1. The Morgan fingerprint density at radius 3 is 2.27 bits per heavy atom. The lowest BCUT2D eigenvalue weighted by molar-refractivity contribution is -0.202. The second-order valence-corrected chi connectivity index (χ2v) is 15.2. The van der Waals surface area contributed by atoms with Gasteiger partial charge in [-0.1, -0.05) is 55.6 Å². The molecule has 2 rings (SSSR count). The van der Waals surface area contributed by atoms with Gasteiger partial charge in [0.15, 0.2) is 14.6 Å². The lowest BCUT2D eigenvalue weighted by Crippen LogP contribution is -2.58. The van der Waals surface area contributed by atoms with Crippen LogP contribution in [-0.2, 0) is 23.4 Å². The average molecular weight is 449 g/mol. The molecule has 152 valence electrons. The smallest absolute Gasteiger partial charge is 0.272 e. The van der Waals surface area contributed by atoms with Crippen molar-refractivity contribution in [3.05, 3.63) is 0 Å². The molecule has 0 aromatic carbocycles. The van der Waals surface area contributed by atoms with Gasteiger partial charge in [-0.05, 0) is 25.1 Å². The van der Waals surface area contributed by atoms with E-state index in [1.165, 1.54) is 0 Å². The van der Waals surface area contributed by atoms with Crippen molar-refractivity contribution in [2.45, 2.75) is 80.3 Å². The molecular formula is C16H28Cl3NO5Si. The minimum absolute atomic E-state index is 0.103. The van der Waals surface area contributed by atoms with Gasteiger partial charge < -0.3 is 24.0 Å². The van der Waals surface area contributed by atoms with E-state index in [1.54, 1.807) is 0 Å². The Kier molecular flexibility index (Phi) is 7.00. The first-order valence-corrected chi connectivity index (χ1v) is 12.8. The Balaban J connectivity index is 2.01. The summed E-state index contributed by atoms with van der Waals surface area (Å²) in [4.78, 5) is 12.0. The third-order valence-electron chi connectivity index (χ3n) is 5.18. The fourth-order valence-corrected chi connectivity index (χ4v) is 3.72. The summed E-state index contributed by atoms with van der Waals surface area (Å²) >= 11 is 16.9. The van der Waals surface area contributed by atoms with Crippen LogP contribution in [0.4, 0.5) is 0 Å². The van der Waals surface area contributed by atoms with E-state index in [9.17, 15) is 4.79 Å². The topological polar surface area (TPSA) is 69.3 Å². The Morgan fingerprint density at radius 1 is 1.15 bits per heavy atom. The van der Waals surface area contributed by atoms with Crippen molar-refractivity contribution in [2.75, 3.05) is 13.2 Å². The van der Waals surface area contributed by atoms with E-state index in [0.29, 0.717) is 13.2 Å². The van der Waals surface area contributed by atoms with Crippen LogP contribution in [0.5, 0.6) is 0 Å². The van der Waals surface area contributed by atoms with Crippen molar-refractivity contribution >= 4 is 49.0 Å². The summed E-state index contributed by atoms with van der Waals surface area (Å²) in [5.41, 5.74) is 0. The standard InChI is InChI=1S/C16H28Cl3NO5Si/c1-7-22-13-10(20-14(21)16(17,18)19)12-11(25-12)9(24-13)8-23-26(5,6)15(2,3)4/h9-13H,7-8H2,1-6H3,(H,20,21)/t9-,10+,11+,12-,13+/m1/s1. The Bertz CT molecular complexity index is 523. The van der Waals surface area contributed by atoms with Gasteiger partial charge in [-0.3, -0.25) is 4.79 Å². The first-order valence-electron chi connectivity index (χ1n) is 8.72. The highest BCUT2D eigenvalue weighted by Gasteiger charge is 2.59. The van der Waals surface area contributed by atoms with Gasteiger partial charge in [0, 0.05) is 6.61 Å². The zero-order chi connectivity index (χ0) is 19.9. The van der Waals surface area contributed by atoms with Crippen LogP contribution in [0, 0.1) is 0 Å². The Hall–Kier alpha value is 0.397. The lowest BCUT2D eigenvalue weighted by Gasteiger charge is -2.39. The zero-order valence-electron chi connectivity index (χ0n) is 16.0. The number of carbonyl (C=O) groups excluding carboxylic acids is 1. The highest BCUT2D eigenvalue weighted by molar-refractivity contribution is 6.76. The van der Waals surface area contributed by atoms with E-state index in [1.807, 2.05) is 6.92 Å². The summed E-state index contributed by atoms with van der Waals surface area (Å²) in [6, 6.07) is -0.535. The molecule has 2 fully saturated rings. The van der Waals surface area contributed by atoms with Crippen LogP contribution in [0.3, 0.4) is 0 Å². The molecule has 2 aliphatic rings. The number of amides is 1. The maximum Gasteiger partial charge on any atom is 0.272 e. The number of halogens is 3. The molecule has 2 heterocycles. The summed E-state index contributed by atoms with van der Waals surface area (Å²) in [5, 5.41) is 2.76. The fourth-order valence-electron chi connectivity index (χ4n) is 2.55. The Labute approximate surface area is 171 Å². The summed E-state index contributed by atoms with van der Waals surface area (Å²) in [6.07, 6.45) is -1.36. The minimum atomic E-state index is -2.05. The number of rotatable bonds is 6. The summed E-state index contributed by atoms with van der Waals surface area (Å²) in [7, 11) is -1.91. The molecule has 0 aromatic heterocycles. The fraction of sp³-hybridized carbons (Fsp3) is 0.938. The molecule has 0 radical (unpaired) electrons. The summed E-state index contributed by atoms with van der Waals surface area (Å²) in [6.45, 7) is 13.6. The molecule has 0 unspecified atom stereocenters. The molecule has 0 aromatic rings. The monoisotopic (exact) mass is 447 g/mol. The van der Waals surface area contributed by atoms with Crippen LogP contribution in [0.2, 0.25) is 18.1 Å². The number of carbonyl (C=O) groups is 1. The quantitative estimate of drug-likeness (QED) is 0.383. The maximum absolute atomic E-state index is 12.0. The van der Waals surface area contributed by atoms with Gasteiger partial charge >= 0.3 is 0 Å². The van der Waals surface area contributed by atoms with Crippen molar-refractivity contribution in [1.29, 1.82) is 0 Å². The van der Waals surface area contributed by atoms with Gasteiger partial charge in [-0.15, -0.1) is 0 Å². The predicted octanol–water partition coefficient (Wildman–Crippen LogP) is 3.39. The van der Waals surface area contributed by atoms with Gasteiger partial charge in [-0.25, -0.2) is 0 Å². The van der Waals surface area contributed by atoms with Crippen molar-refractivity contribution < 1.29 is 23.4 Å². The first kappa shape index (κ1) is 22.7. The van der Waals surface area contributed by atoms with Gasteiger partial charge in [0.25, 0.3) is 9.70 Å². The van der Waals surface area contributed by atoms with Gasteiger partial charge in [0.1, 0.15) is 24.4 Å². The zero-order valence-corrected chi connectivity index (χ0v) is 19.2. The molecule has 1 amide bonds. The van der Waals surface area contributed by atoms with E-state index < -0.39 is 30.3 Å². The SMILES string of the molecule is CCO[C@H]1O[C@H](CO[Si](C)(C)C(C)(C)C)[C@@H]2O[C@@H]2[C@@H]1NC(=O)C(Cl)(Cl)Cl. The van der Waals surface area contributed by atoms with E-state index in [2.05, 4.69) is 39.2 Å². The highest BCUT2D eigenvalue weighted by atomic mass is 35.6. The number of alkyl halides is 3. The predicted molar refractivity (Wildman–Crippen MR) is 104 cm³/mol. The van der Waals surface area contributed by atoms with Gasteiger partial charge in [-0.2, -0.15) is 0 Å². The normalized spacial score (nSPS) is 32.1. The van der Waals surface area contributed by atoms with Crippen LogP contribution in [0.1, 0.15) is 27.7 Å². The van der Waals surface area contributed by atoms with E-state index in [-0.39, 0.29) is 23.4 Å². The van der Waals surface area contributed by atoms with Crippen LogP contribution in [-0.4, -0.2) is 61.9 Å². The molecule has 26 heavy (non-hydrogen) atoms. The lowest BCUT2D eigenvalue weighted by atomic mass is 10.0. The molecule has 0 aliphatic carbocycles. The van der Waals surface area contributed by atoms with Crippen LogP contribution in [0.15, 0.2) is 0 Å². The second kappa shape index (κ2) is 8.03. The van der Waals surface area contributed by atoms with Gasteiger partial charge in [0.2, 0.25) is 0 Å².